The van der Waals surface area contributed by atoms with Gasteiger partial charge in [-0.3, -0.25) is 4.21 Å². The molecular weight excluding hydrogens is 421 g/mol. The summed E-state index contributed by atoms with van der Waals surface area (Å²) in [6, 6.07) is 5.21. The molecule has 7 nitrogen and oxygen atoms in total. The minimum absolute atomic E-state index is 0.249. The summed E-state index contributed by atoms with van der Waals surface area (Å²) in [4.78, 5) is 6.79. The second-order valence-electron chi connectivity index (χ2n) is 8.27. The topological polar surface area (TPSA) is 77.7 Å². The Morgan fingerprint density at radius 2 is 2.13 bits per heavy atom. The van der Waals surface area contributed by atoms with Crippen molar-refractivity contribution in [1.82, 2.24) is 10.1 Å². The van der Waals surface area contributed by atoms with Crippen LogP contribution in [-0.4, -0.2) is 46.9 Å². The molecule has 1 aliphatic heterocycles. The molecule has 4 rings (SSSR count). The summed E-state index contributed by atoms with van der Waals surface area (Å²) < 4.78 is 42.0. The maximum absolute atomic E-state index is 14.1. The van der Waals surface area contributed by atoms with Crippen molar-refractivity contribution in [3.63, 3.8) is 0 Å². The van der Waals surface area contributed by atoms with E-state index in [0.29, 0.717) is 42.5 Å². The van der Waals surface area contributed by atoms with Gasteiger partial charge in [-0.05, 0) is 55.6 Å². The van der Waals surface area contributed by atoms with E-state index in [-0.39, 0.29) is 4.90 Å². The van der Waals surface area contributed by atoms with Crippen LogP contribution in [0.3, 0.4) is 0 Å². The maximum atomic E-state index is 14.1. The van der Waals surface area contributed by atoms with Crippen LogP contribution in [0.15, 0.2) is 27.6 Å². The summed E-state index contributed by atoms with van der Waals surface area (Å²) in [5.74, 6) is 3.20. The van der Waals surface area contributed by atoms with Crippen LogP contribution in [0.5, 0.6) is 5.75 Å². The molecule has 0 amide bonds. The zero-order chi connectivity index (χ0) is 21.8. The summed E-state index contributed by atoms with van der Waals surface area (Å²) in [7, 11) is 0.326. The molecule has 170 valence electrons. The highest BCUT2D eigenvalue weighted by Gasteiger charge is 2.43. The number of ether oxygens (including phenoxy) is 2. The Balaban J connectivity index is 1.17. The Hall–Kier alpha value is -2.00. The Morgan fingerprint density at radius 3 is 2.84 bits per heavy atom. The fourth-order valence-corrected chi connectivity index (χ4v) is 5.31. The molecule has 1 unspecified atom stereocenters. The molecule has 2 fully saturated rings. The number of hydrogen-bond donors (Lipinski definition) is 0. The molecule has 2 aromatic rings. The van der Waals surface area contributed by atoms with Crippen LogP contribution in [0, 0.1) is 23.6 Å². The van der Waals surface area contributed by atoms with E-state index in [9.17, 15) is 8.60 Å². The number of benzene rings is 1. The van der Waals surface area contributed by atoms with Crippen LogP contribution in [0.2, 0.25) is 0 Å². The molecule has 1 aromatic heterocycles. The Labute approximate surface area is 184 Å². The van der Waals surface area contributed by atoms with Gasteiger partial charge in [-0.2, -0.15) is 4.98 Å². The number of anilines is 1. The van der Waals surface area contributed by atoms with Crippen molar-refractivity contribution in [2.45, 2.75) is 44.1 Å². The zero-order valence-electron chi connectivity index (χ0n) is 18.1. The number of hydrogen-bond acceptors (Lipinski definition) is 7. The van der Waals surface area contributed by atoms with Crippen LogP contribution in [0.1, 0.15) is 38.4 Å². The number of rotatable bonds is 10. The number of halogens is 1. The van der Waals surface area contributed by atoms with Crippen molar-refractivity contribution in [2.75, 3.05) is 37.5 Å². The molecule has 2 heterocycles. The van der Waals surface area contributed by atoms with Gasteiger partial charge in [0.1, 0.15) is 18.2 Å². The van der Waals surface area contributed by atoms with Crippen molar-refractivity contribution in [1.29, 1.82) is 0 Å². The van der Waals surface area contributed by atoms with Crippen molar-refractivity contribution >= 4 is 16.8 Å². The van der Waals surface area contributed by atoms with Gasteiger partial charge in [0.25, 0.3) is 0 Å². The molecule has 3 atom stereocenters. The lowest BCUT2D eigenvalue weighted by Crippen LogP contribution is -2.34. The highest BCUT2D eigenvalue weighted by atomic mass is 32.2. The van der Waals surface area contributed by atoms with Crippen LogP contribution in [-0.2, 0) is 22.1 Å². The summed E-state index contributed by atoms with van der Waals surface area (Å²) in [5, 5.41) is 3.94. The van der Waals surface area contributed by atoms with E-state index < -0.39 is 16.6 Å². The van der Waals surface area contributed by atoms with Crippen LogP contribution < -0.4 is 9.64 Å². The molecule has 0 radical (unpaired) electrons. The minimum atomic E-state index is -1.29. The van der Waals surface area contributed by atoms with Gasteiger partial charge in [0, 0.05) is 32.0 Å². The standard InChI is InChI=1S/C22H30FN3O4S/c1-3-31(27)20-5-4-17(13-19(20)23)29-11-8-16-12-18(16)15-6-9-26(10-7-15)22-24-21(14-28-2)25-30-22/h4-5,13,15-16,18H,3,6-12,14H2,1-2H3/t16-,18-,31?/m1/s1. The highest BCUT2D eigenvalue weighted by Crippen LogP contribution is 2.50. The van der Waals surface area contributed by atoms with Crippen molar-refractivity contribution < 1.29 is 22.6 Å². The molecule has 0 N–H and O–H groups in total. The van der Waals surface area contributed by atoms with Gasteiger partial charge in [0.2, 0.25) is 0 Å². The van der Waals surface area contributed by atoms with Gasteiger partial charge in [-0.25, -0.2) is 4.39 Å². The molecule has 1 aliphatic carbocycles. The average molecular weight is 452 g/mol. The molecule has 1 saturated carbocycles. The van der Waals surface area contributed by atoms with E-state index in [1.165, 1.54) is 12.5 Å². The second-order valence-corrected chi connectivity index (χ2v) is 9.98. The number of methoxy groups -OCH3 is 1. The minimum Gasteiger partial charge on any atom is -0.493 e. The molecule has 9 heteroatoms. The zero-order valence-corrected chi connectivity index (χ0v) is 18.9. The third-order valence-electron chi connectivity index (χ3n) is 6.29. The van der Waals surface area contributed by atoms with E-state index in [2.05, 4.69) is 15.0 Å². The van der Waals surface area contributed by atoms with Crippen LogP contribution in [0.25, 0.3) is 0 Å². The fraction of sp³-hybridized carbons (Fsp3) is 0.636. The number of aromatic nitrogens is 2. The Bertz CT molecular complexity index is 901. The third kappa shape index (κ3) is 5.44. The van der Waals surface area contributed by atoms with E-state index in [1.807, 2.05) is 0 Å². The SMILES string of the molecule is CCS(=O)c1ccc(OCC[C@@H]2C[C@@H]2C2CCN(c3nc(COC)no3)CC2)cc1F. The normalized spacial score (nSPS) is 22.5. The summed E-state index contributed by atoms with van der Waals surface area (Å²) in [6.07, 6.45) is 4.49. The third-order valence-corrected chi connectivity index (χ3v) is 7.64. The molecule has 31 heavy (non-hydrogen) atoms. The van der Waals surface area contributed by atoms with E-state index in [0.717, 1.165) is 44.2 Å². The summed E-state index contributed by atoms with van der Waals surface area (Å²) in [6.45, 7) is 4.59. The highest BCUT2D eigenvalue weighted by molar-refractivity contribution is 7.85. The fourth-order valence-electron chi connectivity index (χ4n) is 4.50. The first-order valence-electron chi connectivity index (χ1n) is 11.0. The number of piperidine rings is 1. The molecule has 1 aromatic carbocycles. The Morgan fingerprint density at radius 1 is 1.32 bits per heavy atom. The first-order valence-corrected chi connectivity index (χ1v) is 12.3. The van der Waals surface area contributed by atoms with Crippen molar-refractivity contribution in [3.05, 3.63) is 29.8 Å². The molecular formula is C22H30FN3O4S. The molecule has 2 aliphatic rings. The first kappa shape index (κ1) is 22.2. The monoisotopic (exact) mass is 451 g/mol. The lowest BCUT2D eigenvalue weighted by atomic mass is 9.91. The predicted molar refractivity (Wildman–Crippen MR) is 115 cm³/mol. The van der Waals surface area contributed by atoms with Gasteiger partial charge >= 0.3 is 6.01 Å². The van der Waals surface area contributed by atoms with Gasteiger partial charge in [-0.15, -0.1) is 0 Å². The van der Waals surface area contributed by atoms with E-state index in [1.54, 1.807) is 26.2 Å². The van der Waals surface area contributed by atoms with Gasteiger partial charge in [0.05, 0.1) is 22.3 Å². The quantitative estimate of drug-likeness (QED) is 0.544. The summed E-state index contributed by atoms with van der Waals surface area (Å²) in [5.41, 5.74) is 0. The van der Waals surface area contributed by atoms with Gasteiger partial charge in [-0.1, -0.05) is 12.1 Å². The second kappa shape index (κ2) is 10.1. The van der Waals surface area contributed by atoms with E-state index >= 15 is 0 Å². The molecule has 1 saturated heterocycles. The maximum Gasteiger partial charge on any atom is 0.324 e. The number of nitrogens with zero attached hydrogens (tertiary/aromatic N) is 3. The van der Waals surface area contributed by atoms with Gasteiger partial charge in [0.15, 0.2) is 5.82 Å². The smallest absolute Gasteiger partial charge is 0.324 e. The van der Waals surface area contributed by atoms with Crippen LogP contribution >= 0.6 is 0 Å². The predicted octanol–water partition coefficient (Wildman–Crippen LogP) is 3.80. The van der Waals surface area contributed by atoms with Crippen molar-refractivity contribution in [2.24, 2.45) is 17.8 Å². The van der Waals surface area contributed by atoms with Crippen LogP contribution in [0.4, 0.5) is 10.4 Å². The van der Waals surface area contributed by atoms with Crippen molar-refractivity contribution in [3.8, 4) is 5.75 Å². The average Bonchev–Trinajstić information content (AvgIpc) is 3.40. The molecule has 0 spiro atoms. The lowest BCUT2D eigenvalue weighted by molar-refractivity contribution is 0.174. The Kier molecular flexibility index (Phi) is 7.22. The largest absolute Gasteiger partial charge is 0.493 e. The summed E-state index contributed by atoms with van der Waals surface area (Å²) >= 11 is 0. The first-order chi connectivity index (χ1) is 15.1. The van der Waals surface area contributed by atoms with E-state index in [4.69, 9.17) is 14.0 Å². The lowest BCUT2D eigenvalue weighted by Gasteiger charge is -2.30. The van der Waals surface area contributed by atoms with Gasteiger partial charge < -0.3 is 18.9 Å². The molecule has 0 bridgehead atoms.